The Labute approximate surface area is 80.9 Å². The van der Waals surface area contributed by atoms with Crippen molar-refractivity contribution >= 4 is 0 Å². The van der Waals surface area contributed by atoms with Gasteiger partial charge in [-0.25, -0.2) is 0 Å². The molecule has 0 radical (unpaired) electrons. The van der Waals surface area contributed by atoms with Crippen LogP contribution in [0, 0.1) is 0 Å². The Hall–Kier alpha value is -0.120. The molecule has 2 aliphatic heterocycles. The van der Waals surface area contributed by atoms with Crippen LogP contribution in [0.5, 0.6) is 0 Å². The van der Waals surface area contributed by atoms with Crippen LogP contribution in [-0.2, 0) is 0 Å². The fraction of sp³-hybridized carbons (Fsp3) is 1.00. The van der Waals surface area contributed by atoms with Gasteiger partial charge in [-0.3, -0.25) is 4.90 Å². The van der Waals surface area contributed by atoms with Crippen LogP contribution >= 0.6 is 0 Å². The minimum Gasteiger partial charge on any atom is -0.317 e. The molecule has 0 amide bonds. The van der Waals surface area contributed by atoms with Crippen LogP contribution in [0.15, 0.2) is 0 Å². The van der Waals surface area contributed by atoms with E-state index in [9.17, 15) is 0 Å². The van der Waals surface area contributed by atoms with Crippen molar-refractivity contribution in [2.45, 2.75) is 31.8 Å². The Balaban J connectivity index is 1.83. The molecule has 0 aliphatic carbocycles. The predicted molar refractivity (Wildman–Crippen MR) is 54.9 cm³/mol. The van der Waals surface area contributed by atoms with E-state index in [4.69, 9.17) is 0 Å². The van der Waals surface area contributed by atoms with Gasteiger partial charge in [-0.2, -0.15) is 0 Å². The van der Waals surface area contributed by atoms with E-state index < -0.39 is 0 Å². The minimum absolute atomic E-state index is 0.684. The van der Waals surface area contributed by atoms with Crippen LogP contribution in [0.4, 0.5) is 0 Å². The van der Waals surface area contributed by atoms with Crippen LogP contribution in [-0.4, -0.2) is 49.7 Å². The Morgan fingerprint density at radius 1 is 1.15 bits per heavy atom. The second kappa shape index (κ2) is 4.40. The van der Waals surface area contributed by atoms with E-state index in [1.807, 2.05) is 0 Å². The van der Waals surface area contributed by atoms with Gasteiger partial charge in [0.1, 0.15) is 0 Å². The molecule has 0 saturated carbocycles. The van der Waals surface area contributed by atoms with Crippen LogP contribution in [0.25, 0.3) is 0 Å². The first-order chi connectivity index (χ1) is 6.36. The van der Waals surface area contributed by atoms with E-state index in [1.54, 1.807) is 0 Å². The highest BCUT2D eigenvalue weighted by Gasteiger charge is 2.24. The molecule has 2 aliphatic rings. The first-order valence-electron chi connectivity index (χ1n) is 5.54. The van der Waals surface area contributed by atoms with Gasteiger partial charge in [-0.05, 0) is 32.9 Å². The molecule has 2 N–H and O–H groups in total. The molecule has 0 aromatic carbocycles. The third-order valence-electron chi connectivity index (χ3n) is 3.23. The SMILES string of the molecule is C[C@H]1CN(C2CCNCC2)CCN1. The van der Waals surface area contributed by atoms with Crippen molar-refractivity contribution in [3.8, 4) is 0 Å². The average molecular weight is 183 g/mol. The number of piperazine rings is 1. The summed E-state index contributed by atoms with van der Waals surface area (Å²) >= 11 is 0. The second-order valence-electron chi connectivity index (χ2n) is 4.33. The minimum atomic E-state index is 0.684. The van der Waals surface area contributed by atoms with Gasteiger partial charge in [0.15, 0.2) is 0 Å². The maximum Gasteiger partial charge on any atom is 0.0167 e. The van der Waals surface area contributed by atoms with Gasteiger partial charge in [-0.1, -0.05) is 0 Å². The molecule has 0 aromatic heterocycles. The lowest BCUT2D eigenvalue weighted by Gasteiger charge is -2.39. The predicted octanol–water partition coefficient (Wildman–Crippen LogP) is 0.0321. The molecule has 2 rings (SSSR count). The van der Waals surface area contributed by atoms with Gasteiger partial charge in [0, 0.05) is 31.7 Å². The van der Waals surface area contributed by atoms with Crippen molar-refractivity contribution in [1.29, 1.82) is 0 Å². The molecule has 2 heterocycles. The number of nitrogens with zero attached hydrogens (tertiary/aromatic N) is 1. The Morgan fingerprint density at radius 2 is 1.92 bits per heavy atom. The highest BCUT2D eigenvalue weighted by atomic mass is 15.2. The monoisotopic (exact) mass is 183 g/mol. The van der Waals surface area contributed by atoms with Crippen molar-refractivity contribution in [3.63, 3.8) is 0 Å². The smallest absolute Gasteiger partial charge is 0.0167 e. The second-order valence-corrected chi connectivity index (χ2v) is 4.33. The maximum absolute atomic E-state index is 3.49. The summed E-state index contributed by atoms with van der Waals surface area (Å²) in [5.74, 6) is 0. The zero-order valence-electron chi connectivity index (χ0n) is 8.55. The highest BCUT2D eigenvalue weighted by Crippen LogP contribution is 2.13. The zero-order valence-corrected chi connectivity index (χ0v) is 8.55. The lowest BCUT2D eigenvalue weighted by molar-refractivity contribution is 0.124. The van der Waals surface area contributed by atoms with E-state index in [-0.39, 0.29) is 0 Å². The summed E-state index contributed by atoms with van der Waals surface area (Å²) in [6.45, 7) is 8.37. The average Bonchev–Trinajstić information content (AvgIpc) is 2.19. The Kier molecular flexibility index (Phi) is 3.19. The number of piperidine rings is 1. The quantitative estimate of drug-likeness (QED) is 0.601. The summed E-state index contributed by atoms with van der Waals surface area (Å²) < 4.78 is 0. The molecular formula is C10H21N3. The highest BCUT2D eigenvalue weighted by molar-refractivity contribution is 4.83. The largest absolute Gasteiger partial charge is 0.317 e. The van der Waals surface area contributed by atoms with Crippen molar-refractivity contribution in [2.75, 3.05) is 32.7 Å². The zero-order chi connectivity index (χ0) is 9.10. The third-order valence-corrected chi connectivity index (χ3v) is 3.23. The van der Waals surface area contributed by atoms with Gasteiger partial charge >= 0.3 is 0 Å². The van der Waals surface area contributed by atoms with E-state index in [1.165, 1.54) is 45.6 Å². The number of rotatable bonds is 1. The molecule has 0 unspecified atom stereocenters. The van der Waals surface area contributed by atoms with E-state index in [0.29, 0.717) is 6.04 Å². The molecule has 0 aromatic rings. The molecule has 76 valence electrons. The molecule has 0 bridgehead atoms. The summed E-state index contributed by atoms with van der Waals surface area (Å²) in [5.41, 5.74) is 0. The summed E-state index contributed by atoms with van der Waals surface area (Å²) in [4.78, 5) is 2.67. The van der Waals surface area contributed by atoms with Crippen molar-refractivity contribution in [2.24, 2.45) is 0 Å². The topological polar surface area (TPSA) is 27.3 Å². The Bertz CT molecular complexity index is 154. The molecule has 13 heavy (non-hydrogen) atoms. The summed E-state index contributed by atoms with van der Waals surface area (Å²) in [5, 5.41) is 6.92. The molecule has 2 fully saturated rings. The number of nitrogens with one attached hydrogen (secondary N) is 2. The van der Waals surface area contributed by atoms with E-state index in [2.05, 4.69) is 22.5 Å². The fourth-order valence-corrected chi connectivity index (χ4v) is 2.47. The lowest BCUT2D eigenvalue weighted by Crippen LogP contribution is -2.54. The van der Waals surface area contributed by atoms with Crippen LogP contribution < -0.4 is 10.6 Å². The molecular weight excluding hydrogens is 162 g/mol. The summed E-state index contributed by atoms with van der Waals surface area (Å²) in [7, 11) is 0. The van der Waals surface area contributed by atoms with Crippen LogP contribution in [0.1, 0.15) is 19.8 Å². The van der Waals surface area contributed by atoms with Gasteiger partial charge in [0.2, 0.25) is 0 Å². The van der Waals surface area contributed by atoms with E-state index in [0.717, 1.165) is 6.04 Å². The third kappa shape index (κ3) is 2.42. The normalized spacial score (nSPS) is 33.5. The Morgan fingerprint density at radius 3 is 2.62 bits per heavy atom. The van der Waals surface area contributed by atoms with Crippen molar-refractivity contribution < 1.29 is 0 Å². The summed E-state index contributed by atoms with van der Waals surface area (Å²) in [6.07, 6.45) is 2.68. The van der Waals surface area contributed by atoms with E-state index >= 15 is 0 Å². The van der Waals surface area contributed by atoms with Crippen molar-refractivity contribution in [3.05, 3.63) is 0 Å². The van der Waals surface area contributed by atoms with Gasteiger partial charge in [0.05, 0.1) is 0 Å². The first-order valence-corrected chi connectivity index (χ1v) is 5.54. The first kappa shape index (κ1) is 9.44. The maximum atomic E-state index is 3.49. The van der Waals surface area contributed by atoms with Gasteiger partial charge in [-0.15, -0.1) is 0 Å². The molecule has 3 heteroatoms. The molecule has 0 spiro atoms. The number of hydrogen-bond donors (Lipinski definition) is 2. The molecule has 2 saturated heterocycles. The summed E-state index contributed by atoms with van der Waals surface area (Å²) in [6, 6.07) is 1.54. The standard InChI is InChI=1S/C10H21N3/c1-9-8-13(7-6-12-9)10-2-4-11-5-3-10/h9-12H,2-8H2,1H3/t9-/m0/s1. The van der Waals surface area contributed by atoms with Crippen molar-refractivity contribution in [1.82, 2.24) is 15.5 Å². The molecule has 3 nitrogen and oxygen atoms in total. The van der Waals surface area contributed by atoms with Crippen LogP contribution in [0.2, 0.25) is 0 Å². The van der Waals surface area contributed by atoms with Gasteiger partial charge in [0.25, 0.3) is 0 Å². The number of hydrogen-bond acceptors (Lipinski definition) is 3. The van der Waals surface area contributed by atoms with Crippen LogP contribution in [0.3, 0.4) is 0 Å². The fourth-order valence-electron chi connectivity index (χ4n) is 2.47. The van der Waals surface area contributed by atoms with Gasteiger partial charge < -0.3 is 10.6 Å². The molecule has 1 atom stereocenters. The lowest BCUT2D eigenvalue weighted by atomic mass is 10.0.